The maximum Gasteiger partial charge on any atom is 0.243 e. The van der Waals surface area contributed by atoms with Crippen molar-refractivity contribution < 1.29 is 4.79 Å². The molecule has 0 aliphatic rings. The van der Waals surface area contributed by atoms with Crippen LogP contribution in [-0.4, -0.2) is 16.3 Å². The van der Waals surface area contributed by atoms with Crippen LogP contribution in [0.4, 0.5) is 5.13 Å². The number of benzene rings is 1. The number of amides is 1. The van der Waals surface area contributed by atoms with Crippen LogP contribution in [-0.2, 0) is 11.2 Å². The third-order valence-corrected chi connectivity index (χ3v) is 3.75. The van der Waals surface area contributed by atoms with Gasteiger partial charge in [-0.3, -0.25) is 4.79 Å². The summed E-state index contributed by atoms with van der Waals surface area (Å²) in [6, 6.07) is 8.39. The summed E-state index contributed by atoms with van der Waals surface area (Å²) in [4.78, 5) is 16.7. The predicted molar refractivity (Wildman–Crippen MR) is 80.0 cm³/mol. The Morgan fingerprint density at radius 2 is 2.11 bits per heavy atom. The molecule has 0 saturated heterocycles. The van der Waals surface area contributed by atoms with E-state index in [4.69, 9.17) is 11.6 Å². The Balaban J connectivity index is 2.01. The van der Waals surface area contributed by atoms with Gasteiger partial charge in [-0.2, -0.15) is 0 Å². The lowest BCUT2D eigenvalue weighted by Gasteiger charge is -2.01. The van der Waals surface area contributed by atoms with Crippen LogP contribution < -0.4 is 5.32 Å². The van der Waals surface area contributed by atoms with E-state index in [1.165, 1.54) is 22.5 Å². The number of aromatic nitrogens is 1. The zero-order valence-electron chi connectivity index (χ0n) is 10.8. The smallest absolute Gasteiger partial charge is 0.243 e. The van der Waals surface area contributed by atoms with E-state index in [1.54, 1.807) is 13.1 Å². The number of halogens is 1. The third kappa shape index (κ3) is 4.04. The van der Waals surface area contributed by atoms with Gasteiger partial charge in [-0.15, -0.1) is 22.9 Å². The number of rotatable bonds is 4. The summed E-state index contributed by atoms with van der Waals surface area (Å²) in [7, 11) is 0. The van der Waals surface area contributed by atoms with Gasteiger partial charge in [0, 0.05) is 17.5 Å². The Bertz CT molecular complexity index is 563. The minimum absolute atomic E-state index is 0.224. The highest BCUT2D eigenvalue weighted by molar-refractivity contribution is 7.15. The highest BCUT2D eigenvalue weighted by Gasteiger charge is 2.11. The Labute approximate surface area is 121 Å². The van der Waals surface area contributed by atoms with E-state index in [2.05, 4.69) is 41.5 Å². The topological polar surface area (TPSA) is 42.0 Å². The first kappa shape index (κ1) is 14.0. The summed E-state index contributed by atoms with van der Waals surface area (Å²) >= 11 is 7.17. The zero-order chi connectivity index (χ0) is 13.8. The van der Waals surface area contributed by atoms with E-state index in [1.807, 2.05) is 0 Å². The van der Waals surface area contributed by atoms with Crippen LogP contribution in [0.5, 0.6) is 0 Å². The molecule has 1 atom stereocenters. The maximum absolute atomic E-state index is 11.4. The molecule has 1 aromatic heterocycles. The Hall–Kier alpha value is -1.39. The van der Waals surface area contributed by atoms with Gasteiger partial charge >= 0.3 is 0 Å². The van der Waals surface area contributed by atoms with Gasteiger partial charge in [-0.05, 0) is 19.4 Å². The summed E-state index contributed by atoms with van der Waals surface area (Å²) in [5.41, 5.74) is 2.48. The molecule has 3 nitrogen and oxygen atoms in total. The molecule has 0 bridgehead atoms. The van der Waals surface area contributed by atoms with E-state index in [9.17, 15) is 4.79 Å². The predicted octanol–water partition coefficient (Wildman–Crippen LogP) is 3.61. The molecular weight excluding hydrogens is 280 g/mol. The van der Waals surface area contributed by atoms with Crippen molar-refractivity contribution in [2.75, 3.05) is 5.32 Å². The first-order chi connectivity index (χ1) is 9.04. The van der Waals surface area contributed by atoms with Crippen LogP contribution in [0.15, 0.2) is 30.5 Å². The van der Waals surface area contributed by atoms with Gasteiger partial charge in [0.1, 0.15) is 5.38 Å². The fourth-order valence-electron chi connectivity index (χ4n) is 1.56. The molecule has 0 fully saturated rings. The average Bonchev–Trinajstić information content (AvgIpc) is 2.79. The normalized spacial score (nSPS) is 12.2. The molecule has 0 spiro atoms. The molecule has 2 aromatic rings. The molecular formula is C14H15ClN2OS. The van der Waals surface area contributed by atoms with Gasteiger partial charge in [-0.25, -0.2) is 4.98 Å². The second-order valence-corrected chi connectivity index (χ2v) is 6.17. The van der Waals surface area contributed by atoms with Crippen molar-refractivity contribution in [1.29, 1.82) is 0 Å². The van der Waals surface area contributed by atoms with Gasteiger partial charge in [0.15, 0.2) is 5.13 Å². The maximum atomic E-state index is 11.4. The van der Waals surface area contributed by atoms with Crippen molar-refractivity contribution in [2.24, 2.45) is 0 Å². The average molecular weight is 295 g/mol. The lowest BCUT2D eigenvalue weighted by Crippen LogP contribution is -2.19. The van der Waals surface area contributed by atoms with Crippen molar-refractivity contribution in [3.8, 4) is 0 Å². The second-order valence-electron chi connectivity index (χ2n) is 4.40. The van der Waals surface area contributed by atoms with E-state index in [-0.39, 0.29) is 5.91 Å². The molecule has 2 rings (SSSR count). The molecule has 1 heterocycles. The molecule has 100 valence electrons. The number of alkyl halides is 1. The largest absolute Gasteiger partial charge is 0.301 e. The van der Waals surface area contributed by atoms with Gasteiger partial charge in [0.2, 0.25) is 5.91 Å². The van der Waals surface area contributed by atoms with E-state index < -0.39 is 5.38 Å². The number of carbonyl (C=O) groups excluding carboxylic acids is 1. The van der Waals surface area contributed by atoms with Gasteiger partial charge in [-0.1, -0.05) is 29.8 Å². The van der Waals surface area contributed by atoms with E-state index in [0.29, 0.717) is 5.13 Å². The van der Waals surface area contributed by atoms with Crippen molar-refractivity contribution in [1.82, 2.24) is 4.98 Å². The lowest BCUT2D eigenvalue weighted by atomic mass is 10.1. The van der Waals surface area contributed by atoms with Crippen molar-refractivity contribution >= 4 is 34.0 Å². The van der Waals surface area contributed by atoms with Crippen LogP contribution in [0.2, 0.25) is 0 Å². The highest BCUT2D eigenvalue weighted by Crippen LogP contribution is 2.21. The number of aryl methyl sites for hydroxylation is 1. The molecule has 1 N–H and O–H groups in total. The van der Waals surface area contributed by atoms with E-state index in [0.717, 1.165) is 11.3 Å². The minimum atomic E-state index is -0.551. The Kier molecular flexibility index (Phi) is 4.56. The summed E-state index contributed by atoms with van der Waals surface area (Å²) in [6.07, 6.45) is 2.61. The Morgan fingerprint density at radius 1 is 1.42 bits per heavy atom. The molecule has 19 heavy (non-hydrogen) atoms. The minimum Gasteiger partial charge on any atom is -0.301 e. The molecule has 1 amide bonds. The van der Waals surface area contributed by atoms with Crippen LogP contribution in [0.3, 0.4) is 0 Å². The fraction of sp³-hybridized carbons (Fsp3) is 0.286. The van der Waals surface area contributed by atoms with Crippen molar-refractivity contribution in [2.45, 2.75) is 25.6 Å². The third-order valence-electron chi connectivity index (χ3n) is 2.64. The molecule has 0 aliphatic carbocycles. The summed E-state index contributed by atoms with van der Waals surface area (Å²) in [5.74, 6) is -0.224. The SMILES string of the molecule is Cc1ccc(Cc2cnc(NC(=O)[C@@H](C)Cl)s2)cc1. The number of thiazole rings is 1. The Morgan fingerprint density at radius 3 is 2.74 bits per heavy atom. The molecule has 0 saturated carbocycles. The van der Waals surface area contributed by atoms with Gasteiger partial charge in [0.05, 0.1) is 0 Å². The fourth-order valence-corrected chi connectivity index (χ4v) is 2.46. The van der Waals surface area contributed by atoms with Crippen LogP contribution in [0, 0.1) is 6.92 Å². The number of nitrogens with one attached hydrogen (secondary N) is 1. The second kappa shape index (κ2) is 6.17. The monoisotopic (exact) mass is 294 g/mol. The zero-order valence-corrected chi connectivity index (χ0v) is 12.4. The van der Waals surface area contributed by atoms with Crippen LogP contribution >= 0.6 is 22.9 Å². The summed E-state index contributed by atoms with van der Waals surface area (Å²) < 4.78 is 0. The summed E-state index contributed by atoms with van der Waals surface area (Å²) in [6.45, 7) is 3.70. The van der Waals surface area contributed by atoms with Gasteiger partial charge < -0.3 is 5.32 Å². The first-order valence-corrected chi connectivity index (χ1v) is 7.25. The standard InChI is InChI=1S/C14H15ClN2OS/c1-9-3-5-11(6-4-9)7-12-8-16-14(19-12)17-13(18)10(2)15/h3-6,8,10H,7H2,1-2H3,(H,16,17,18)/t10-/m1/s1. The number of anilines is 1. The van der Waals surface area contributed by atoms with Crippen molar-refractivity contribution in [3.63, 3.8) is 0 Å². The molecule has 0 radical (unpaired) electrons. The number of carbonyl (C=O) groups is 1. The quantitative estimate of drug-likeness (QED) is 0.875. The van der Waals surface area contributed by atoms with Crippen molar-refractivity contribution in [3.05, 3.63) is 46.5 Å². The number of hydrogen-bond acceptors (Lipinski definition) is 3. The number of nitrogens with zero attached hydrogens (tertiary/aromatic N) is 1. The summed E-state index contributed by atoms with van der Waals surface area (Å²) in [5, 5.41) is 2.74. The van der Waals surface area contributed by atoms with Crippen LogP contribution in [0.25, 0.3) is 0 Å². The van der Waals surface area contributed by atoms with Gasteiger partial charge in [0.25, 0.3) is 0 Å². The molecule has 0 aliphatic heterocycles. The lowest BCUT2D eigenvalue weighted by molar-refractivity contribution is -0.115. The van der Waals surface area contributed by atoms with E-state index >= 15 is 0 Å². The highest BCUT2D eigenvalue weighted by atomic mass is 35.5. The molecule has 5 heteroatoms. The number of hydrogen-bond donors (Lipinski definition) is 1. The molecule has 0 unspecified atom stereocenters. The van der Waals surface area contributed by atoms with Crippen LogP contribution in [0.1, 0.15) is 22.9 Å². The first-order valence-electron chi connectivity index (χ1n) is 6.00. The molecule has 1 aromatic carbocycles.